The number of nitrogens with zero attached hydrogens (tertiary/aromatic N) is 3. The van der Waals surface area contributed by atoms with Crippen LogP contribution < -0.4 is 5.32 Å². The van der Waals surface area contributed by atoms with Gasteiger partial charge in [-0.05, 0) is 36.2 Å². The molecule has 0 spiro atoms. The smallest absolute Gasteiger partial charge is 0.327 e. The Morgan fingerprint density at radius 1 is 1.65 bits per heavy atom. The number of azide groups is 1. The van der Waals surface area contributed by atoms with Gasteiger partial charge in [0, 0.05) is 11.5 Å². The fourth-order valence-corrected chi connectivity index (χ4v) is 1.78. The Labute approximate surface area is 120 Å². The van der Waals surface area contributed by atoms with Gasteiger partial charge in [0.15, 0.2) is 0 Å². The van der Waals surface area contributed by atoms with E-state index in [1.807, 2.05) is 0 Å². The summed E-state index contributed by atoms with van der Waals surface area (Å²) >= 11 is 5.70. The first-order valence-corrected chi connectivity index (χ1v) is 6.25. The molecule has 1 rings (SSSR count). The molecule has 0 aromatic heterocycles. The van der Waals surface area contributed by atoms with Crippen LogP contribution in [0.15, 0.2) is 23.3 Å². The Bertz CT molecular complexity index is 520. The molecule has 108 valence electrons. The van der Waals surface area contributed by atoms with E-state index >= 15 is 0 Å². The lowest BCUT2D eigenvalue weighted by molar-refractivity contribution is -0.143. The summed E-state index contributed by atoms with van der Waals surface area (Å²) in [5.74, 6) is -1.06. The Morgan fingerprint density at radius 3 is 3.00 bits per heavy atom. The molecule has 20 heavy (non-hydrogen) atoms. The van der Waals surface area contributed by atoms with Gasteiger partial charge in [-0.25, -0.2) is 9.18 Å². The normalized spacial score (nSPS) is 11.6. The number of carbonyl (C=O) groups is 1. The fraction of sp³-hybridized carbons (Fsp3) is 0.417. The van der Waals surface area contributed by atoms with Crippen molar-refractivity contribution in [3.8, 4) is 0 Å². The molecule has 0 fully saturated rings. The summed E-state index contributed by atoms with van der Waals surface area (Å²) in [6.07, 6.45) is 0.562. The molecule has 1 unspecified atom stereocenters. The van der Waals surface area contributed by atoms with Gasteiger partial charge in [-0.3, -0.25) is 0 Å². The third kappa shape index (κ3) is 4.70. The maximum atomic E-state index is 13.1. The van der Waals surface area contributed by atoms with Gasteiger partial charge in [0.2, 0.25) is 0 Å². The average Bonchev–Trinajstić information content (AvgIpc) is 2.45. The summed E-state index contributed by atoms with van der Waals surface area (Å²) in [6, 6.07) is 3.28. The molecule has 0 saturated heterocycles. The molecule has 0 radical (unpaired) electrons. The zero-order chi connectivity index (χ0) is 15.0. The van der Waals surface area contributed by atoms with Crippen molar-refractivity contribution in [1.29, 1.82) is 0 Å². The van der Waals surface area contributed by atoms with Crippen LogP contribution in [0.5, 0.6) is 0 Å². The summed E-state index contributed by atoms with van der Waals surface area (Å²) < 4.78 is 17.8. The molecule has 0 amide bonds. The van der Waals surface area contributed by atoms with Gasteiger partial charge in [-0.2, -0.15) is 0 Å². The first-order valence-electron chi connectivity index (χ1n) is 5.87. The van der Waals surface area contributed by atoms with Crippen LogP contribution in [0, 0.1) is 5.82 Å². The molecule has 1 aromatic carbocycles. The predicted octanol–water partition coefficient (Wildman–Crippen LogP) is 2.98. The number of nitrogens with one attached hydrogen (secondary N) is 1. The zero-order valence-corrected chi connectivity index (χ0v) is 11.6. The lowest BCUT2D eigenvalue weighted by atomic mass is 10.1. The van der Waals surface area contributed by atoms with Gasteiger partial charge in [0.05, 0.1) is 12.1 Å². The Balaban J connectivity index is 2.75. The number of benzene rings is 1. The first-order chi connectivity index (χ1) is 9.60. The molecule has 1 aromatic rings. The predicted molar refractivity (Wildman–Crippen MR) is 72.8 cm³/mol. The van der Waals surface area contributed by atoms with Crippen LogP contribution in [0.2, 0.25) is 5.02 Å². The second-order valence-corrected chi connectivity index (χ2v) is 4.30. The largest absolute Gasteiger partial charge is 0.468 e. The molecular formula is C12H14ClFN4O2. The monoisotopic (exact) mass is 300 g/mol. The number of halogens is 2. The van der Waals surface area contributed by atoms with Crippen LogP contribution in [-0.4, -0.2) is 26.2 Å². The number of carbonyl (C=O) groups excluding carboxylic acids is 1. The molecule has 1 N–H and O–H groups in total. The average molecular weight is 301 g/mol. The van der Waals surface area contributed by atoms with E-state index < -0.39 is 17.8 Å². The number of esters is 1. The standard InChI is InChI=1S/C12H14ClFN4O2/c1-20-12(19)11(16-5-2-6-17-18-15)8-3-4-10(14)9(13)7-8/h3-4,7,11,16H,2,5-6H2,1H3. The van der Waals surface area contributed by atoms with E-state index in [9.17, 15) is 9.18 Å². The zero-order valence-electron chi connectivity index (χ0n) is 10.8. The van der Waals surface area contributed by atoms with Crippen LogP contribution in [0.3, 0.4) is 0 Å². The second-order valence-electron chi connectivity index (χ2n) is 3.89. The molecule has 0 aliphatic carbocycles. The van der Waals surface area contributed by atoms with Crippen molar-refractivity contribution in [2.24, 2.45) is 5.11 Å². The first kappa shape index (κ1) is 16.2. The number of rotatable bonds is 7. The number of methoxy groups -OCH3 is 1. The highest BCUT2D eigenvalue weighted by molar-refractivity contribution is 6.30. The van der Waals surface area contributed by atoms with E-state index in [0.29, 0.717) is 25.1 Å². The van der Waals surface area contributed by atoms with E-state index in [1.165, 1.54) is 25.3 Å². The van der Waals surface area contributed by atoms with Crippen molar-refractivity contribution < 1.29 is 13.9 Å². The molecule has 0 aliphatic rings. The topological polar surface area (TPSA) is 87.1 Å². The quantitative estimate of drug-likeness (QED) is 0.276. The van der Waals surface area contributed by atoms with Crippen molar-refractivity contribution in [3.63, 3.8) is 0 Å². The highest BCUT2D eigenvalue weighted by Crippen LogP contribution is 2.21. The van der Waals surface area contributed by atoms with E-state index in [-0.39, 0.29) is 5.02 Å². The maximum absolute atomic E-state index is 13.1. The van der Waals surface area contributed by atoms with E-state index in [2.05, 4.69) is 15.3 Å². The van der Waals surface area contributed by atoms with Gasteiger partial charge < -0.3 is 10.1 Å². The van der Waals surface area contributed by atoms with Crippen LogP contribution in [0.25, 0.3) is 10.4 Å². The van der Waals surface area contributed by atoms with Crippen LogP contribution >= 0.6 is 11.6 Å². The Morgan fingerprint density at radius 2 is 2.40 bits per heavy atom. The van der Waals surface area contributed by atoms with Crippen LogP contribution in [0.4, 0.5) is 4.39 Å². The van der Waals surface area contributed by atoms with E-state index in [4.69, 9.17) is 21.9 Å². The van der Waals surface area contributed by atoms with Gasteiger partial charge in [-0.1, -0.05) is 22.8 Å². The third-order valence-electron chi connectivity index (χ3n) is 2.56. The van der Waals surface area contributed by atoms with Gasteiger partial charge in [-0.15, -0.1) is 0 Å². The summed E-state index contributed by atoms with van der Waals surface area (Å²) in [7, 11) is 1.27. The van der Waals surface area contributed by atoms with Crippen molar-refractivity contribution in [1.82, 2.24) is 5.32 Å². The van der Waals surface area contributed by atoms with E-state index in [1.54, 1.807) is 0 Å². The molecule has 1 atom stereocenters. The fourth-order valence-electron chi connectivity index (χ4n) is 1.59. The second kappa shape index (κ2) is 8.37. The van der Waals surface area contributed by atoms with Crippen LogP contribution in [-0.2, 0) is 9.53 Å². The van der Waals surface area contributed by atoms with Crippen molar-refractivity contribution in [3.05, 3.63) is 45.0 Å². The molecule has 0 bridgehead atoms. The summed E-state index contributed by atoms with van der Waals surface area (Å²) in [6.45, 7) is 0.759. The lowest BCUT2D eigenvalue weighted by Gasteiger charge is -2.17. The minimum atomic E-state index is -0.746. The summed E-state index contributed by atoms with van der Waals surface area (Å²) in [5.41, 5.74) is 8.66. The molecule has 6 nitrogen and oxygen atoms in total. The van der Waals surface area contributed by atoms with Crippen molar-refractivity contribution >= 4 is 17.6 Å². The van der Waals surface area contributed by atoms with Gasteiger partial charge in [0.1, 0.15) is 11.9 Å². The SMILES string of the molecule is COC(=O)C(NCCCN=[N+]=[N-])c1ccc(F)c(Cl)c1. The number of ether oxygens (including phenoxy) is 1. The molecule has 0 aliphatic heterocycles. The Kier molecular flexibility index (Phi) is 6.79. The summed E-state index contributed by atoms with van der Waals surface area (Å²) in [5, 5.41) is 6.28. The maximum Gasteiger partial charge on any atom is 0.327 e. The van der Waals surface area contributed by atoms with Gasteiger partial charge >= 0.3 is 5.97 Å². The molecule has 0 saturated carbocycles. The highest BCUT2D eigenvalue weighted by Gasteiger charge is 2.21. The number of hydrogen-bond acceptors (Lipinski definition) is 4. The molecule has 8 heteroatoms. The highest BCUT2D eigenvalue weighted by atomic mass is 35.5. The van der Waals surface area contributed by atoms with Crippen molar-refractivity contribution in [2.75, 3.05) is 20.2 Å². The lowest BCUT2D eigenvalue weighted by Crippen LogP contribution is -2.30. The molecule has 0 heterocycles. The third-order valence-corrected chi connectivity index (χ3v) is 2.85. The van der Waals surface area contributed by atoms with E-state index in [0.717, 1.165) is 0 Å². The minimum Gasteiger partial charge on any atom is -0.468 e. The Hall–Kier alpha value is -1.82. The minimum absolute atomic E-state index is 0.0627. The number of hydrogen-bond donors (Lipinski definition) is 1. The van der Waals surface area contributed by atoms with Crippen molar-refractivity contribution in [2.45, 2.75) is 12.5 Å². The van der Waals surface area contributed by atoms with Crippen LogP contribution in [0.1, 0.15) is 18.0 Å². The van der Waals surface area contributed by atoms with Gasteiger partial charge in [0.25, 0.3) is 0 Å². The summed E-state index contributed by atoms with van der Waals surface area (Å²) in [4.78, 5) is 14.4. The molecular weight excluding hydrogens is 287 g/mol.